The summed E-state index contributed by atoms with van der Waals surface area (Å²) in [5.74, 6) is -1.57. The Labute approximate surface area is 120 Å². The summed E-state index contributed by atoms with van der Waals surface area (Å²) < 4.78 is 37.9. The average Bonchev–Trinajstić information content (AvgIpc) is 2.38. The molecule has 21 heavy (non-hydrogen) atoms. The van der Waals surface area contributed by atoms with Crippen molar-refractivity contribution in [2.45, 2.75) is 10.6 Å². The molecule has 0 fully saturated rings. The van der Waals surface area contributed by atoms with Gasteiger partial charge < -0.3 is 5.73 Å². The Morgan fingerprint density at radius 3 is 2.43 bits per heavy atom. The molecular weight excluding hydrogens is 299 g/mol. The molecule has 0 aliphatic heterocycles. The van der Waals surface area contributed by atoms with Gasteiger partial charge in [0.2, 0.25) is 5.82 Å². The van der Waals surface area contributed by atoms with Crippen molar-refractivity contribution in [3.05, 3.63) is 64.0 Å². The molecule has 2 rings (SSSR count). The van der Waals surface area contributed by atoms with Gasteiger partial charge in [-0.15, -0.1) is 0 Å². The lowest BCUT2D eigenvalue weighted by Gasteiger charge is -2.07. The van der Waals surface area contributed by atoms with Crippen molar-refractivity contribution in [2.75, 3.05) is 5.73 Å². The monoisotopic (exact) mass is 310 g/mol. The van der Waals surface area contributed by atoms with Gasteiger partial charge in [0.25, 0.3) is 0 Å². The summed E-state index contributed by atoms with van der Waals surface area (Å²) in [6.07, 6.45) is 0. The number of nitrogens with two attached hydrogens (primary N) is 1. The second kappa shape index (κ2) is 5.49. The highest BCUT2D eigenvalue weighted by Gasteiger charge is 2.20. The third-order valence-corrected chi connectivity index (χ3v) is 4.57. The van der Waals surface area contributed by atoms with Crippen LogP contribution in [-0.4, -0.2) is 13.3 Å². The maximum absolute atomic E-state index is 13.5. The van der Waals surface area contributed by atoms with Crippen LogP contribution in [0.3, 0.4) is 0 Å². The van der Waals surface area contributed by atoms with Crippen LogP contribution < -0.4 is 5.73 Å². The second-order valence-electron chi connectivity index (χ2n) is 4.34. The quantitative estimate of drug-likeness (QED) is 0.530. The lowest BCUT2D eigenvalue weighted by atomic mass is 10.2. The molecule has 8 heteroatoms. The molecular formula is C13H11FN2O4S. The molecule has 0 amide bonds. The van der Waals surface area contributed by atoms with E-state index in [2.05, 4.69) is 0 Å². The van der Waals surface area contributed by atoms with Gasteiger partial charge in [-0.3, -0.25) is 10.1 Å². The molecule has 0 bridgehead atoms. The summed E-state index contributed by atoms with van der Waals surface area (Å²) in [6, 6.07) is 8.91. The Kier molecular flexibility index (Phi) is 3.90. The molecule has 0 saturated carbocycles. The Morgan fingerprint density at radius 2 is 1.86 bits per heavy atom. The summed E-state index contributed by atoms with van der Waals surface area (Å²) in [4.78, 5) is 9.59. The van der Waals surface area contributed by atoms with Crippen LogP contribution in [0, 0.1) is 15.9 Å². The Bertz CT molecular complexity index is 806. The lowest BCUT2D eigenvalue weighted by molar-refractivity contribution is -0.387. The van der Waals surface area contributed by atoms with Crippen LogP contribution in [0.1, 0.15) is 5.56 Å². The Morgan fingerprint density at radius 1 is 1.19 bits per heavy atom. The van der Waals surface area contributed by atoms with Gasteiger partial charge in [0.15, 0.2) is 9.84 Å². The topological polar surface area (TPSA) is 103 Å². The van der Waals surface area contributed by atoms with Gasteiger partial charge >= 0.3 is 5.69 Å². The Hall–Kier alpha value is -2.48. The van der Waals surface area contributed by atoms with Gasteiger partial charge in [-0.05, 0) is 23.8 Å². The molecule has 0 unspecified atom stereocenters. The van der Waals surface area contributed by atoms with Crippen LogP contribution in [0.15, 0.2) is 47.4 Å². The number of nitro benzene ring substituents is 1. The van der Waals surface area contributed by atoms with Crippen LogP contribution in [0.4, 0.5) is 15.8 Å². The number of nitro groups is 1. The number of sulfone groups is 1. The van der Waals surface area contributed by atoms with Crippen molar-refractivity contribution in [1.29, 1.82) is 0 Å². The molecule has 2 aromatic rings. The van der Waals surface area contributed by atoms with E-state index < -0.39 is 32.0 Å². The molecule has 0 atom stereocenters. The van der Waals surface area contributed by atoms with Crippen LogP contribution in [-0.2, 0) is 15.6 Å². The molecule has 0 radical (unpaired) electrons. The van der Waals surface area contributed by atoms with Crippen molar-refractivity contribution in [1.82, 2.24) is 0 Å². The number of hydrogen-bond acceptors (Lipinski definition) is 5. The van der Waals surface area contributed by atoms with Gasteiger partial charge in [-0.2, -0.15) is 4.39 Å². The summed E-state index contributed by atoms with van der Waals surface area (Å²) in [7, 11) is -3.76. The molecule has 2 aromatic carbocycles. The van der Waals surface area contributed by atoms with E-state index in [0.29, 0.717) is 0 Å². The number of halogens is 1. The first kappa shape index (κ1) is 14.9. The molecule has 0 aliphatic carbocycles. The summed E-state index contributed by atoms with van der Waals surface area (Å²) in [5.41, 5.74) is 5.12. The first-order valence-electron chi connectivity index (χ1n) is 5.81. The fraction of sp³-hybridized carbons (Fsp3) is 0.0769. The third kappa shape index (κ3) is 3.16. The molecule has 0 saturated heterocycles. The zero-order valence-electron chi connectivity index (χ0n) is 10.7. The number of rotatable bonds is 4. The fourth-order valence-electron chi connectivity index (χ4n) is 1.85. The van der Waals surface area contributed by atoms with Crippen molar-refractivity contribution < 1.29 is 17.7 Å². The molecule has 0 aliphatic rings. The van der Waals surface area contributed by atoms with E-state index in [-0.39, 0.29) is 16.1 Å². The van der Waals surface area contributed by atoms with E-state index in [0.717, 1.165) is 12.1 Å². The number of hydrogen-bond donors (Lipinski definition) is 1. The Balaban J connectivity index is 2.36. The van der Waals surface area contributed by atoms with Crippen molar-refractivity contribution in [3.8, 4) is 0 Å². The number of nitrogens with zero attached hydrogens (tertiary/aromatic N) is 1. The molecule has 0 heterocycles. The number of nitrogen functional groups attached to an aromatic ring is 1. The van der Waals surface area contributed by atoms with Crippen LogP contribution >= 0.6 is 0 Å². The zero-order valence-corrected chi connectivity index (χ0v) is 11.5. The normalized spacial score (nSPS) is 11.3. The fourth-order valence-corrected chi connectivity index (χ4v) is 3.34. The van der Waals surface area contributed by atoms with Crippen LogP contribution in [0.5, 0.6) is 0 Å². The van der Waals surface area contributed by atoms with Gasteiger partial charge in [-0.25, -0.2) is 8.42 Å². The van der Waals surface area contributed by atoms with E-state index in [1.165, 1.54) is 24.3 Å². The maximum Gasteiger partial charge on any atom is 0.304 e. The highest BCUT2D eigenvalue weighted by molar-refractivity contribution is 7.90. The highest BCUT2D eigenvalue weighted by Crippen LogP contribution is 2.24. The van der Waals surface area contributed by atoms with E-state index >= 15 is 0 Å². The molecule has 110 valence electrons. The predicted molar refractivity (Wildman–Crippen MR) is 74.8 cm³/mol. The number of para-hydroxylation sites is 1. The van der Waals surface area contributed by atoms with E-state index in [1.54, 1.807) is 6.07 Å². The van der Waals surface area contributed by atoms with Gasteiger partial charge in [0.1, 0.15) is 0 Å². The minimum atomic E-state index is -3.76. The first-order chi connectivity index (χ1) is 9.81. The molecule has 6 nitrogen and oxygen atoms in total. The molecule has 0 aromatic heterocycles. The van der Waals surface area contributed by atoms with Crippen molar-refractivity contribution in [3.63, 3.8) is 0 Å². The minimum absolute atomic E-state index is 0.0521. The van der Waals surface area contributed by atoms with Crippen molar-refractivity contribution >= 4 is 21.2 Å². The van der Waals surface area contributed by atoms with E-state index in [9.17, 15) is 22.9 Å². The molecule has 2 N–H and O–H groups in total. The SMILES string of the molecule is Nc1ccccc1S(=O)(=O)Cc1ccc([N+](=O)[O-])c(F)c1. The van der Waals surface area contributed by atoms with Gasteiger partial charge in [0, 0.05) is 6.07 Å². The lowest BCUT2D eigenvalue weighted by Crippen LogP contribution is -2.08. The summed E-state index contributed by atoms with van der Waals surface area (Å²) in [6.45, 7) is 0. The van der Waals surface area contributed by atoms with Gasteiger partial charge in [0.05, 0.1) is 21.3 Å². The summed E-state index contributed by atoms with van der Waals surface area (Å²) in [5, 5.41) is 10.5. The van der Waals surface area contributed by atoms with Gasteiger partial charge in [-0.1, -0.05) is 18.2 Å². The number of benzene rings is 2. The largest absolute Gasteiger partial charge is 0.398 e. The van der Waals surface area contributed by atoms with Crippen LogP contribution in [0.25, 0.3) is 0 Å². The van der Waals surface area contributed by atoms with E-state index in [1.807, 2.05) is 0 Å². The zero-order chi connectivity index (χ0) is 15.6. The molecule has 0 spiro atoms. The first-order valence-corrected chi connectivity index (χ1v) is 7.46. The summed E-state index contributed by atoms with van der Waals surface area (Å²) >= 11 is 0. The average molecular weight is 310 g/mol. The van der Waals surface area contributed by atoms with Crippen LogP contribution in [0.2, 0.25) is 0 Å². The second-order valence-corrected chi connectivity index (χ2v) is 6.30. The smallest absolute Gasteiger partial charge is 0.304 e. The maximum atomic E-state index is 13.5. The third-order valence-electron chi connectivity index (χ3n) is 2.82. The standard InChI is InChI=1S/C13H11FN2O4S/c14-10-7-9(5-6-12(10)16(17)18)8-21(19,20)13-4-2-1-3-11(13)15/h1-7H,8,15H2. The minimum Gasteiger partial charge on any atom is -0.398 e. The number of anilines is 1. The highest BCUT2D eigenvalue weighted by atomic mass is 32.2. The predicted octanol–water partition coefficient (Wildman–Crippen LogP) is 2.29. The van der Waals surface area contributed by atoms with E-state index in [4.69, 9.17) is 5.73 Å². The van der Waals surface area contributed by atoms with Crippen molar-refractivity contribution in [2.24, 2.45) is 0 Å².